The molecule has 1 N–H and O–H groups in total. The number of nitrogens with zero attached hydrogens (tertiary/aromatic N) is 1. The lowest BCUT2D eigenvalue weighted by Gasteiger charge is -2.33. The average molecular weight is 239 g/mol. The van der Waals surface area contributed by atoms with Crippen LogP contribution in [-0.4, -0.2) is 35.1 Å². The Balaban J connectivity index is 2.22. The van der Waals surface area contributed by atoms with Gasteiger partial charge in [-0.1, -0.05) is 18.6 Å². The van der Waals surface area contributed by atoms with Gasteiger partial charge in [0.1, 0.15) is 11.9 Å². The summed E-state index contributed by atoms with van der Waals surface area (Å²) in [7, 11) is 0. The topological polar surface area (TPSA) is 40.5 Å². The molecule has 0 saturated carbocycles. The predicted octanol–water partition coefficient (Wildman–Crippen LogP) is 2.50. The van der Waals surface area contributed by atoms with Crippen LogP contribution in [0.4, 0.5) is 4.39 Å². The van der Waals surface area contributed by atoms with E-state index >= 15 is 0 Å². The van der Waals surface area contributed by atoms with E-state index in [1.807, 2.05) is 11.0 Å². The number of halogens is 1. The maximum absolute atomic E-state index is 13.8. The van der Waals surface area contributed by atoms with Crippen LogP contribution in [0.5, 0.6) is 0 Å². The number of carboxylic acids is 1. The van der Waals surface area contributed by atoms with Crippen LogP contribution in [0.2, 0.25) is 0 Å². The molecular formula is C13H18FNO2. The maximum atomic E-state index is 13.8. The zero-order valence-electron chi connectivity index (χ0n) is 9.86. The van der Waals surface area contributed by atoms with Crippen molar-refractivity contribution in [1.29, 1.82) is 0 Å². The van der Waals surface area contributed by atoms with Gasteiger partial charge in [0.25, 0.3) is 0 Å². The molecule has 1 heterocycles. The second kappa shape index (κ2) is 5.45. The van der Waals surface area contributed by atoms with E-state index in [9.17, 15) is 14.3 Å². The van der Waals surface area contributed by atoms with Crippen LogP contribution in [0, 0.1) is 0 Å². The molecule has 4 heteroatoms. The van der Waals surface area contributed by atoms with Gasteiger partial charge >= 0.3 is 5.97 Å². The SMILES string of the molecule is O=C(O)C(C1=C(F)CCC=C1)N1CCCCC1. The number of likely N-dealkylation sites (tertiary alicyclic amines) is 1. The summed E-state index contributed by atoms with van der Waals surface area (Å²) in [4.78, 5) is 13.3. The first-order chi connectivity index (χ1) is 8.20. The number of aliphatic carboxylic acids is 1. The van der Waals surface area contributed by atoms with Crippen molar-refractivity contribution in [2.24, 2.45) is 0 Å². The zero-order chi connectivity index (χ0) is 12.3. The summed E-state index contributed by atoms with van der Waals surface area (Å²) >= 11 is 0. The summed E-state index contributed by atoms with van der Waals surface area (Å²) in [5.74, 6) is -1.20. The fraction of sp³-hybridized carbons (Fsp3) is 0.615. The molecule has 2 aliphatic rings. The largest absolute Gasteiger partial charge is 0.480 e. The maximum Gasteiger partial charge on any atom is 0.325 e. The Labute approximate surface area is 101 Å². The van der Waals surface area contributed by atoms with Crippen LogP contribution in [0.1, 0.15) is 32.1 Å². The Kier molecular flexibility index (Phi) is 3.94. The van der Waals surface area contributed by atoms with Crippen molar-refractivity contribution in [3.8, 4) is 0 Å². The minimum absolute atomic E-state index is 0.259. The first kappa shape index (κ1) is 12.3. The average Bonchev–Trinajstić information content (AvgIpc) is 2.33. The van der Waals surface area contributed by atoms with E-state index in [-0.39, 0.29) is 5.83 Å². The molecule has 2 rings (SSSR count). The number of piperidine rings is 1. The highest BCUT2D eigenvalue weighted by molar-refractivity contribution is 5.79. The van der Waals surface area contributed by atoms with Crippen molar-refractivity contribution in [1.82, 2.24) is 4.90 Å². The molecule has 0 spiro atoms. The number of carbonyl (C=O) groups is 1. The Bertz CT molecular complexity index is 356. The number of rotatable bonds is 3. The van der Waals surface area contributed by atoms with E-state index < -0.39 is 12.0 Å². The van der Waals surface area contributed by atoms with E-state index in [0.717, 1.165) is 32.4 Å². The minimum Gasteiger partial charge on any atom is -0.480 e. The molecule has 0 radical (unpaired) electrons. The summed E-state index contributed by atoms with van der Waals surface area (Å²) in [6, 6.07) is -0.799. The van der Waals surface area contributed by atoms with Crippen molar-refractivity contribution >= 4 is 5.97 Å². The highest BCUT2D eigenvalue weighted by Crippen LogP contribution is 2.27. The van der Waals surface area contributed by atoms with Crippen LogP contribution in [0.15, 0.2) is 23.6 Å². The van der Waals surface area contributed by atoms with Crippen molar-refractivity contribution in [2.75, 3.05) is 13.1 Å². The molecule has 3 nitrogen and oxygen atoms in total. The zero-order valence-corrected chi connectivity index (χ0v) is 9.86. The Morgan fingerprint density at radius 3 is 2.65 bits per heavy atom. The van der Waals surface area contributed by atoms with E-state index in [0.29, 0.717) is 18.4 Å². The minimum atomic E-state index is -0.941. The molecule has 0 amide bonds. The standard InChI is InChI=1S/C13H18FNO2/c14-11-7-3-2-6-10(11)12(13(16)17)15-8-4-1-5-9-15/h2,6,12H,1,3-5,7-9H2,(H,16,17). The monoisotopic (exact) mass is 239 g/mol. The lowest BCUT2D eigenvalue weighted by molar-refractivity contribution is -0.142. The second-order valence-electron chi connectivity index (χ2n) is 4.64. The van der Waals surface area contributed by atoms with Gasteiger partial charge in [0.05, 0.1) is 0 Å². The van der Waals surface area contributed by atoms with Crippen molar-refractivity contribution in [3.05, 3.63) is 23.6 Å². The fourth-order valence-corrected chi connectivity index (χ4v) is 2.56. The lowest BCUT2D eigenvalue weighted by atomic mass is 9.96. The molecule has 1 aliphatic carbocycles. The van der Waals surface area contributed by atoms with Crippen LogP contribution < -0.4 is 0 Å². The van der Waals surface area contributed by atoms with Gasteiger partial charge in [-0.2, -0.15) is 0 Å². The Hall–Kier alpha value is -1.16. The first-order valence-corrected chi connectivity index (χ1v) is 6.22. The smallest absolute Gasteiger partial charge is 0.325 e. The summed E-state index contributed by atoms with van der Waals surface area (Å²) in [5, 5.41) is 9.32. The number of allylic oxidation sites excluding steroid dienone is 2. The molecule has 1 atom stereocenters. The normalized spacial score (nSPS) is 23.8. The van der Waals surface area contributed by atoms with Crippen LogP contribution in [-0.2, 0) is 4.79 Å². The molecule has 1 unspecified atom stereocenters. The van der Waals surface area contributed by atoms with Gasteiger partial charge in [-0.05, 0) is 32.4 Å². The van der Waals surface area contributed by atoms with E-state index in [4.69, 9.17) is 0 Å². The molecule has 0 aromatic rings. The molecule has 0 aromatic carbocycles. The highest BCUT2D eigenvalue weighted by atomic mass is 19.1. The van der Waals surface area contributed by atoms with Gasteiger partial charge in [-0.3, -0.25) is 9.69 Å². The summed E-state index contributed by atoms with van der Waals surface area (Å²) in [5.41, 5.74) is 0.352. The third kappa shape index (κ3) is 2.75. The molecule has 1 saturated heterocycles. The third-order valence-corrected chi connectivity index (χ3v) is 3.43. The molecular weight excluding hydrogens is 221 g/mol. The third-order valence-electron chi connectivity index (χ3n) is 3.43. The van der Waals surface area contributed by atoms with E-state index in [2.05, 4.69) is 0 Å². The van der Waals surface area contributed by atoms with E-state index in [1.165, 1.54) is 0 Å². The van der Waals surface area contributed by atoms with Crippen LogP contribution in [0.3, 0.4) is 0 Å². The number of hydrogen-bond acceptors (Lipinski definition) is 2. The highest BCUT2D eigenvalue weighted by Gasteiger charge is 2.31. The van der Waals surface area contributed by atoms with Gasteiger partial charge in [-0.15, -0.1) is 0 Å². The van der Waals surface area contributed by atoms with E-state index in [1.54, 1.807) is 6.08 Å². The second-order valence-corrected chi connectivity index (χ2v) is 4.64. The fourth-order valence-electron chi connectivity index (χ4n) is 2.56. The molecule has 17 heavy (non-hydrogen) atoms. The summed E-state index contributed by atoms with van der Waals surface area (Å²) in [6.07, 6.45) is 7.65. The van der Waals surface area contributed by atoms with Gasteiger partial charge in [-0.25, -0.2) is 4.39 Å². The van der Waals surface area contributed by atoms with Crippen molar-refractivity contribution < 1.29 is 14.3 Å². The number of carboxylic acid groups (broad SMARTS) is 1. The van der Waals surface area contributed by atoms with Gasteiger partial charge in [0, 0.05) is 12.0 Å². The summed E-state index contributed by atoms with van der Waals surface area (Å²) in [6.45, 7) is 1.50. The molecule has 94 valence electrons. The van der Waals surface area contributed by atoms with Crippen LogP contribution in [0.25, 0.3) is 0 Å². The molecule has 0 aromatic heterocycles. The van der Waals surface area contributed by atoms with Gasteiger partial charge in [0.2, 0.25) is 0 Å². The molecule has 1 fully saturated rings. The quantitative estimate of drug-likeness (QED) is 0.822. The van der Waals surface area contributed by atoms with Gasteiger partial charge < -0.3 is 5.11 Å². The Morgan fingerprint density at radius 1 is 1.35 bits per heavy atom. The van der Waals surface area contributed by atoms with Crippen molar-refractivity contribution in [2.45, 2.75) is 38.1 Å². The molecule has 1 aliphatic heterocycles. The predicted molar refractivity (Wildman–Crippen MR) is 63.4 cm³/mol. The number of hydrogen-bond donors (Lipinski definition) is 1. The van der Waals surface area contributed by atoms with Crippen LogP contribution >= 0.6 is 0 Å². The first-order valence-electron chi connectivity index (χ1n) is 6.22. The molecule has 0 bridgehead atoms. The Morgan fingerprint density at radius 2 is 2.06 bits per heavy atom. The van der Waals surface area contributed by atoms with Gasteiger partial charge in [0.15, 0.2) is 0 Å². The lowest BCUT2D eigenvalue weighted by Crippen LogP contribution is -2.45. The summed E-state index contributed by atoms with van der Waals surface area (Å²) < 4.78 is 13.8. The van der Waals surface area contributed by atoms with Crippen molar-refractivity contribution in [3.63, 3.8) is 0 Å².